The number of benzene rings is 1. The number of rotatable bonds is 10. The standard InChI is InChI=1S/C41H66N6O7/c1-24(2)19-30-38(51)46(11)35(22-27(7)8)41(54)47-18-12-13-32(47)36(49)43-31(23-28-14-16-29(48)17-15-28)39(52)45(10)34(21-26(5)6)40(53)44(9)33(20-25(3)4)37(50)42-30/h14-17,24-27,30-35,48H,12-13,18-23H2,1-11H3,(H,42,50)(H,43,49)/t30-,31-,32-,33+,34+,35+/m0/s1. The number of likely N-dealkylation sites (N-methyl/N-ethyl adjacent to an activating group) is 3. The van der Waals surface area contributed by atoms with Crippen molar-refractivity contribution >= 4 is 35.4 Å². The normalized spacial score (nSPS) is 25.8. The second-order valence-corrected chi connectivity index (χ2v) is 17.1. The fourth-order valence-corrected chi connectivity index (χ4v) is 7.61. The largest absolute Gasteiger partial charge is 0.508 e. The minimum Gasteiger partial charge on any atom is -0.508 e. The number of nitrogens with zero attached hydrogens (tertiary/aromatic N) is 4. The lowest BCUT2D eigenvalue weighted by Gasteiger charge is -2.39. The Morgan fingerprint density at radius 1 is 0.593 bits per heavy atom. The molecule has 0 aromatic heterocycles. The highest BCUT2D eigenvalue weighted by Crippen LogP contribution is 2.25. The van der Waals surface area contributed by atoms with Crippen molar-refractivity contribution in [1.29, 1.82) is 0 Å². The van der Waals surface area contributed by atoms with Crippen LogP contribution >= 0.6 is 0 Å². The molecule has 0 radical (unpaired) electrons. The van der Waals surface area contributed by atoms with Crippen LogP contribution in [-0.4, -0.2) is 124 Å². The van der Waals surface area contributed by atoms with Crippen LogP contribution in [0, 0.1) is 23.7 Å². The number of hydrogen-bond acceptors (Lipinski definition) is 7. The van der Waals surface area contributed by atoms with E-state index in [1.165, 1.54) is 31.7 Å². The fraction of sp³-hybridized carbons (Fsp3) is 0.707. The molecule has 1 aromatic carbocycles. The summed E-state index contributed by atoms with van der Waals surface area (Å²) in [5.41, 5.74) is 0.673. The van der Waals surface area contributed by atoms with E-state index in [1.807, 2.05) is 55.4 Å². The molecule has 3 N–H and O–H groups in total. The minimum absolute atomic E-state index is 0.00467. The third-order valence-electron chi connectivity index (χ3n) is 10.6. The van der Waals surface area contributed by atoms with Gasteiger partial charge < -0.3 is 35.3 Å². The van der Waals surface area contributed by atoms with Gasteiger partial charge in [0.25, 0.3) is 0 Å². The van der Waals surface area contributed by atoms with Crippen LogP contribution in [0.15, 0.2) is 24.3 Å². The van der Waals surface area contributed by atoms with Gasteiger partial charge in [0.1, 0.15) is 42.0 Å². The van der Waals surface area contributed by atoms with Crippen LogP contribution in [0.1, 0.15) is 99.5 Å². The van der Waals surface area contributed by atoms with Gasteiger partial charge in [-0.15, -0.1) is 0 Å². The first kappa shape index (κ1) is 44.2. The van der Waals surface area contributed by atoms with Crippen LogP contribution in [-0.2, 0) is 35.2 Å². The summed E-state index contributed by atoms with van der Waals surface area (Å²) >= 11 is 0. The molecule has 0 saturated carbocycles. The van der Waals surface area contributed by atoms with Crippen molar-refractivity contribution in [3.8, 4) is 5.75 Å². The average Bonchev–Trinajstić information content (AvgIpc) is 3.59. The van der Waals surface area contributed by atoms with Gasteiger partial charge in [0.2, 0.25) is 35.4 Å². The Labute approximate surface area is 322 Å². The Balaban J connectivity index is 2.23. The predicted octanol–water partition coefficient (Wildman–Crippen LogP) is 3.57. The molecule has 13 heteroatoms. The molecule has 2 aliphatic rings. The van der Waals surface area contributed by atoms with Crippen molar-refractivity contribution in [2.45, 2.75) is 137 Å². The number of carbonyl (C=O) groups is 6. The minimum atomic E-state index is -1.11. The van der Waals surface area contributed by atoms with Crippen molar-refractivity contribution in [2.75, 3.05) is 27.7 Å². The second-order valence-electron chi connectivity index (χ2n) is 17.1. The van der Waals surface area contributed by atoms with Crippen molar-refractivity contribution in [1.82, 2.24) is 30.2 Å². The SMILES string of the molecule is CC(C)C[C@@H]1NC(=O)[C@@H](CC(C)C)N(C)C(=O)[C@@H](CC(C)C)N(C)C(=O)[C@H](Cc2ccc(O)cc2)NC(=O)[C@@H]2CCCN2C(=O)[C@@H](CC(C)C)N(C)C1=O. The molecule has 0 bridgehead atoms. The monoisotopic (exact) mass is 754 g/mol. The first-order valence-electron chi connectivity index (χ1n) is 19.7. The summed E-state index contributed by atoms with van der Waals surface area (Å²) < 4.78 is 0. The topological polar surface area (TPSA) is 160 Å². The molecular weight excluding hydrogens is 688 g/mol. The summed E-state index contributed by atoms with van der Waals surface area (Å²) in [5, 5.41) is 15.8. The summed E-state index contributed by atoms with van der Waals surface area (Å²) in [4.78, 5) is 92.3. The summed E-state index contributed by atoms with van der Waals surface area (Å²) in [7, 11) is 4.68. The molecule has 302 valence electrons. The highest BCUT2D eigenvalue weighted by Gasteiger charge is 2.44. The lowest BCUT2D eigenvalue weighted by Crippen LogP contribution is -2.62. The molecule has 13 nitrogen and oxygen atoms in total. The molecule has 2 saturated heterocycles. The Kier molecular flexibility index (Phi) is 15.9. The molecule has 6 atom stereocenters. The van der Waals surface area contributed by atoms with Crippen LogP contribution in [0.3, 0.4) is 0 Å². The van der Waals surface area contributed by atoms with Gasteiger partial charge in [0.05, 0.1) is 0 Å². The Morgan fingerprint density at radius 2 is 1.04 bits per heavy atom. The third kappa shape index (κ3) is 11.4. The first-order chi connectivity index (χ1) is 25.2. The second kappa shape index (κ2) is 19.4. The van der Waals surface area contributed by atoms with Gasteiger partial charge in [0.15, 0.2) is 0 Å². The van der Waals surface area contributed by atoms with E-state index in [-0.39, 0.29) is 41.7 Å². The van der Waals surface area contributed by atoms with Gasteiger partial charge in [-0.3, -0.25) is 28.8 Å². The highest BCUT2D eigenvalue weighted by molar-refractivity contribution is 5.98. The number of hydrogen-bond donors (Lipinski definition) is 3. The number of nitrogens with one attached hydrogen (secondary N) is 2. The molecule has 2 aliphatic heterocycles. The maximum atomic E-state index is 14.6. The third-order valence-corrected chi connectivity index (χ3v) is 10.6. The van der Waals surface area contributed by atoms with Gasteiger partial charge >= 0.3 is 0 Å². The van der Waals surface area contributed by atoms with E-state index >= 15 is 0 Å². The molecule has 6 amide bonds. The number of aromatic hydroxyl groups is 1. The van der Waals surface area contributed by atoms with Gasteiger partial charge in [-0.25, -0.2) is 0 Å². The zero-order chi connectivity index (χ0) is 40.6. The summed E-state index contributed by atoms with van der Waals surface area (Å²) in [6.45, 7) is 15.9. The molecule has 0 spiro atoms. The van der Waals surface area contributed by atoms with E-state index < -0.39 is 65.8 Å². The molecule has 0 unspecified atom stereocenters. The smallest absolute Gasteiger partial charge is 0.246 e. The van der Waals surface area contributed by atoms with Crippen LogP contribution in [0.25, 0.3) is 0 Å². The zero-order valence-corrected chi connectivity index (χ0v) is 34.4. The predicted molar refractivity (Wildman–Crippen MR) is 208 cm³/mol. The summed E-state index contributed by atoms with van der Waals surface area (Å²) in [5.74, 6) is -2.57. The Bertz CT molecular complexity index is 1480. The highest BCUT2D eigenvalue weighted by atomic mass is 16.3. The van der Waals surface area contributed by atoms with Crippen LogP contribution < -0.4 is 10.6 Å². The van der Waals surface area contributed by atoms with Crippen LogP contribution in [0.2, 0.25) is 0 Å². The summed E-state index contributed by atoms with van der Waals surface area (Å²) in [6, 6.07) is 0.570. The molecule has 3 rings (SSSR count). The maximum absolute atomic E-state index is 14.6. The molecule has 54 heavy (non-hydrogen) atoms. The first-order valence-corrected chi connectivity index (χ1v) is 19.7. The number of carbonyl (C=O) groups excluding carboxylic acids is 6. The molecule has 2 fully saturated rings. The van der Waals surface area contributed by atoms with Gasteiger partial charge in [-0.1, -0.05) is 67.5 Å². The van der Waals surface area contributed by atoms with Crippen molar-refractivity contribution in [2.24, 2.45) is 23.7 Å². The lowest BCUT2D eigenvalue weighted by atomic mass is 9.95. The number of amides is 6. The van der Waals surface area contributed by atoms with Crippen LogP contribution in [0.5, 0.6) is 5.75 Å². The fourth-order valence-electron chi connectivity index (χ4n) is 7.61. The molecule has 2 heterocycles. The van der Waals surface area contributed by atoms with Gasteiger partial charge in [-0.2, -0.15) is 0 Å². The zero-order valence-electron chi connectivity index (χ0n) is 34.4. The number of phenols is 1. The summed E-state index contributed by atoms with van der Waals surface area (Å²) in [6.07, 6.45) is 2.26. The van der Waals surface area contributed by atoms with E-state index in [1.54, 1.807) is 33.3 Å². The average molecular weight is 755 g/mol. The van der Waals surface area contributed by atoms with E-state index in [9.17, 15) is 33.9 Å². The van der Waals surface area contributed by atoms with E-state index in [2.05, 4.69) is 10.6 Å². The Hall–Kier alpha value is -4.16. The molecule has 0 aliphatic carbocycles. The molecule has 1 aromatic rings. The van der Waals surface area contributed by atoms with Crippen LogP contribution in [0.4, 0.5) is 0 Å². The van der Waals surface area contributed by atoms with E-state index in [0.717, 1.165) is 0 Å². The maximum Gasteiger partial charge on any atom is 0.246 e. The van der Waals surface area contributed by atoms with E-state index in [4.69, 9.17) is 0 Å². The van der Waals surface area contributed by atoms with Gasteiger partial charge in [0, 0.05) is 34.1 Å². The van der Waals surface area contributed by atoms with Crippen molar-refractivity contribution in [3.05, 3.63) is 29.8 Å². The number of fused-ring (bicyclic) bond motifs is 1. The number of phenolic OH excluding ortho intramolecular Hbond substituents is 1. The molecular formula is C41H66N6O7. The van der Waals surface area contributed by atoms with Gasteiger partial charge in [-0.05, 0) is 79.9 Å². The lowest BCUT2D eigenvalue weighted by molar-refractivity contribution is -0.152. The quantitative estimate of drug-likeness (QED) is 0.330. The van der Waals surface area contributed by atoms with E-state index in [0.29, 0.717) is 50.6 Å². The Morgan fingerprint density at radius 3 is 1.56 bits per heavy atom. The van der Waals surface area contributed by atoms with Crippen molar-refractivity contribution < 1.29 is 33.9 Å². The van der Waals surface area contributed by atoms with Crippen molar-refractivity contribution in [3.63, 3.8) is 0 Å².